The molecule has 0 aromatic heterocycles. The Morgan fingerprint density at radius 3 is 1.75 bits per heavy atom. The molecule has 0 unspecified atom stereocenters. The summed E-state index contributed by atoms with van der Waals surface area (Å²) in [7, 11) is 10.7. The number of hydrogen-bond donors (Lipinski definition) is 1. The number of ether oxygens (including phenoxy) is 5. The van der Waals surface area contributed by atoms with Crippen molar-refractivity contribution in [3.63, 3.8) is 0 Å². The molecule has 1 N–H and O–H groups in total. The average molecular weight is 924 g/mol. The van der Waals surface area contributed by atoms with Crippen LogP contribution in [-0.4, -0.2) is 150 Å². The largest absolute Gasteiger partial charge is 0.467 e. The molecule has 344 valence electrons. The SMILES string of the molecule is C1CCOC1.CN(C)CCOCCN(C)C.COC(=O)[C@@H]1CCC(=O)N1C(C)=O.COC(=O)[C@H](CCC(=O)c1ccc(C)cc1)NC(=O)OC(C)(C)C.Cc1ccc(Br)cc1. The lowest BCUT2D eigenvalue weighted by atomic mass is 10.0. The van der Waals surface area contributed by atoms with Crippen molar-refractivity contribution in [2.45, 2.75) is 97.8 Å². The molecule has 0 aliphatic carbocycles. The number of rotatable bonds is 13. The fourth-order valence-corrected chi connectivity index (χ4v) is 5.34. The number of likely N-dealkylation sites (tertiary alicyclic amines) is 1. The molecule has 15 nitrogen and oxygen atoms in total. The Bertz CT molecular complexity index is 1550. The Hall–Kier alpha value is -4.22. The molecule has 2 fully saturated rings. The van der Waals surface area contributed by atoms with Crippen LogP contribution < -0.4 is 5.32 Å². The first-order valence-corrected chi connectivity index (χ1v) is 21.2. The number of imide groups is 1. The average Bonchev–Trinajstić information content (AvgIpc) is 3.91. The Morgan fingerprint density at radius 2 is 1.36 bits per heavy atom. The molecule has 2 aliphatic heterocycles. The number of carbonyl (C=O) groups excluding carboxylic acids is 6. The van der Waals surface area contributed by atoms with Crippen molar-refractivity contribution in [2.75, 3.05) is 81.9 Å². The molecule has 2 saturated heterocycles. The van der Waals surface area contributed by atoms with E-state index in [1.165, 1.54) is 39.5 Å². The van der Waals surface area contributed by atoms with Crippen LogP contribution in [0.3, 0.4) is 0 Å². The van der Waals surface area contributed by atoms with Crippen LogP contribution >= 0.6 is 15.9 Å². The number of halogens is 1. The number of nitrogens with zero attached hydrogens (tertiary/aromatic N) is 3. The van der Waals surface area contributed by atoms with Crippen LogP contribution in [0.5, 0.6) is 0 Å². The van der Waals surface area contributed by atoms with Crippen molar-refractivity contribution in [1.82, 2.24) is 20.0 Å². The van der Waals surface area contributed by atoms with E-state index in [9.17, 15) is 28.8 Å². The molecule has 0 radical (unpaired) electrons. The summed E-state index contributed by atoms with van der Waals surface area (Å²) < 4.78 is 25.7. The number of methoxy groups -OCH3 is 2. The Kier molecular flexibility index (Phi) is 29.4. The summed E-state index contributed by atoms with van der Waals surface area (Å²) >= 11 is 3.35. The second kappa shape index (κ2) is 31.6. The van der Waals surface area contributed by atoms with Crippen LogP contribution in [0, 0.1) is 13.8 Å². The molecule has 16 heteroatoms. The third-order valence-corrected chi connectivity index (χ3v) is 8.97. The minimum Gasteiger partial charge on any atom is -0.467 e. The third kappa shape index (κ3) is 28.1. The van der Waals surface area contributed by atoms with Gasteiger partial charge in [0.05, 0.1) is 27.4 Å². The molecule has 4 rings (SSSR count). The van der Waals surface area contributed by atoms with E-state index in [0.29, 0.717) is 12.0 Å². The van der Waals surface area contributed by atoms with E-state index >= 15 is 0 Å². The highest BCUT2D eigenvalue weighted by Gasteiger charge is 2.39. The summed E-state index contributed by atoms with van der Waals surface area (Å²) in [4.78, 5) is 74.2. The van der Waals surface area contributed by atoms with Gasteiger partial charge in [-0.1, -0.05) is 63.5 Å². The second-order valence-electron chi connectivity index (χ2n) is 15.7. The van der Waals surface area contributed by atoms with Crippen LogP contribution in [0.1, 0.15) is 87.7 Å². The van der Waals surface area contributed by atoms with E-state index < -0.39 is 41.6 Å². The molecule has 2 aliphatic rings. The zero-order chi connectivity index (χ0) is 46.5. The van der Waals surface area contributed by atoms with Gasteiger partial charge in [0.15, 0.2) is 5.78 Å². The van der Waals surface area contributed by atoms with Crippen molar-refractivity contribution in [2.24, 2.45) is 0 Å². The number of likely N-dealkylation sites (N-methyl/N-ethyl adjacent to an activating group) is 2. The predicted molar refractivity (Wildman–Crippen MR) is 239 cm³/mol. The minimum atomic E-state index is -0.931. The van der Waals surface area contributed by atoms with Crippen LogP contribution in [0.2, 0.25) is 0 Å². The number of aryl methyl sites for hydroxylation is 2. The Labute approximate surface area is 372 Å². The van der Waals surface area contributed by atoms with Gasteiger partial charge < -0.3 is 38.8 Å². The standard InChI is InChI=1S/C18H25NO5.C8H20N2O.C8H11NO4.C7H7Br.C4H8O/c1-12-6-8-13(9-7-12)15(20)11-10-14(16(21)23-5)19-17(22)24-18(2,3)4;1-9(2)5-7-11-8-6-10(3)4;1-5(10)9-6(8(12)13-2)3-4-7(9)11;1-6-2-4-7(8)5-3-6;1-2-4-5-3-1/h6-9,14H,10-11H2,1-5H3,(H,19,22);5-8H2,1-4H3;6H,3-4H2,1-2H3;2-5H,1H3;1-4H2/t14-;;6-;;/m0.0../s1. The number of amides is 3. The van der Waals surface area contributed by atoms with Gasteiger partial charge in [-0.25, -0.2) is 14.4 Å². The van der Waals surface area contributed by atoms with Gasteiger partial charge in [-0.3, -0.25) is 19.3 Å². The lowest BCUT2D eigenvalue weighted by molar-refractivity contribution is -0.155. The van der Waals surface area contributed by atoms with E-state index in [1.807, 2.05) is 31.2 Å². The number of benzene rings is 2. The van der Waals surface area contributed by atoms with Gasteiger partial charge in [-0.2, -0.15) is 0 Å². The third-order valence-electron chi connectivity index (χ3n) is 8.44. The highest BCUT2D eigenvalue weighted by atomic mass is 79.9. The maximum Gasteiger partial charge on any atom is 0.408 e. The van der Waals surface area contributed by atoms with Gasteiger partial charge in [0.1, 0.15) is 17.7 Å². The lowest BCUT2D eigenvalue weighted by Crippen LogP contribution is -2.44. The van der Waals surface area contributed by atoms with Gasteiger partial charge in [-0.15, -0.1) is 0 Å². The number of hydrogen-bond acceptors (Lipinski definition) is 13. The molecule has 0 saturated carbocycles. The molecule has 3 amide bonds. The van der Waals surface area contributed by atoms with Crippen molar-refractivity contribution in [3.05, 3.63) is 69.7 Å². The van der Waals surface area contributed by atoms with Crippen molar-refractivity contribution in [3.8, 4) is 0 Å². The lowest BCUT2D eigenvalue weighted by Gasteiger charge is -2.22. The molecule has 0 bridgehead atoms. The molecular weight excluding hydrogens is 852 g/mol. The normalized spacial score (nSPS) is 14.7. The van der Waals surface area contributed by atoms with E-state index in [4.69, 9.17) is 14.2 Å². The molecule has 2 heterocycles. The molecular formula is C45H71BrN4O11. The number of esters is 2. The quantitative estimate of drug-likeness (QED) is 0.101. The van der Waals surface area contributed by atoms with E-state index in [0.717, 1.165) is 54.5 Å². The summed E-state index contributed by atoms with van der Waals surface area (Å²) in [5.41, 5.74) is 2.25. The number of carbonyl (C=O) groups is 6. The fraction of sp³-hybridized carbons (Fsp3) is 0.600. The fourth-order valence-electron chi connectivity index (χ4n) is 5.08. The number of Topliss-reactive ketones (excluding diaryl/α,β-unsaturated/α-hetero) is 1. The van der Waals surface area contributed by atoms with Gasteiger partial charge in [0.2, 0.25) is 11.8 Å². The smallest absolute Gasteiger partial charge is 0.408 e. The van der Waals surface area contributed by atoms with Crippen LogP contribution in [0.4, 0.5) is 4.79 Å². The second-order valence-corrected chi connectivity index (χ2v) is 16.7. The Balaban J connectivity index is 0.000000816. The summed E-state index contributed by atoms with van der Waals surface area (Å²) in [6, 6.07) is 13.8. The highest BCUT2D eigenvalue weighted by molar-refractivity contribution is 9.10. The van der Waals surface area contributed by atoms with Gasteiger partial charge in [0, 0.05) is 56.1 Å². The zero-order valence-electron chi connectivity index (χ0n) is 38.5. The highest BCUT2D eigenvalue weighted by Crippen LogP contribution is 2.19. The summed E-state index contributed by atoms with van der Waals surface area (Å²) in [6.45, 7) is 16.1. The number of nitrogens with one attached hydrogen (secondary N) is 1. The topological polar surface area (TPSA) is 170 Å². The van der Waals surface area contributed by atoms with Crippen molar-refractivity contribution >= 4 is 51.6 Å². The van der Waals surface area contributed by atoms with Gasteiger partial charge in [0.25, 0.3) is 0 Å². The van der Waals surface area contributed by atoms with Crippen LogP contribution in [0.25, 0.3) is 0 Å². The maximum absolute atomic E-state index is 12.2. The molecule has 2 atom stereocenters. The number of ketones is 1. The van der Waals surface area contributed by atoms with Crippen LogP contribution in [0.15, 0.2) is 53.0 Å². The van der Waals surface area contributed by atoms with Gasteiger partial charge >= 0.3 is 18.0 Å². The van der Waals surface area contributed by atoms with E-state index in [-0.39, 0.29) is 31.0 Å². The van der Waals surface area contributed by atoms with Crippen molar-refractivity contribution in [1.29, 1.82) is 0 Å². The van der Waals surface area contributed by atoms with E-state index in [2.05, 4.69) is 87.8 Å². The van der Waals surface area contributed by atoms with Crippen molar-refractivity contribution < 1.29 is 52.5 Å². The summed E-state index contributed by atoms with van der Waals surface area (Å²) in [5, 5.41) is 2.45. The molecule has 2 aromatic carbocycles. The Morgan fingerprint density at radius 1 is 0.852 bits per heavy atom. The predicted octanol–water partition coefficient (Wildman–Crippen LogP) is 6.40. The molecule has 2 aromatic rings. The maximum atomic E-state index is 12.2. The first kappa shape index (κ1) is 56.8. The summed E-state index contributed by atoms with van der Waals surface area (Å²) in [6.07, 6.45) is 2.68. The molecule has 0 spiro atoms. The zero-order valence-corrected chi connectivity index (χ0v) is 40.1. The van der Waals surface area contributed by atoms with Gasteiger partial charge in [-0.05, 0) is 101 Å². The minimum absolute atomic E-state index is 0.102. The first-order chi connectivity index (χ1) is 28.6. The monoisotopic (exact) mass is 922 g/mol. The van der Waals surface area contributed by atoms with Crippen LogP contribution in [-0.2, 0) is 42.9 Å². The number of alkyl carbamates (subject to hydrolysis) is 1. The molecule has 61 heavy (non-hydrogen) atoms. The summed E-state index contributed by atoms with van der Waals surface area (Å²) in [5.74, 6) is -1.95. The first-order valence-electron chi connectivity index (χ1n) is 20.4. The van der Waals surface area contributed by atoms with E-state index in [1.54, 1.807) is 32.9 Å².